The van der Waals surface area contributed by atoms with Gasteiger partial charge in [-0.05, 0) is 45.9 Å². The van der Waals surface area contributed by atoms with Crippen LogP contribution in [0.2, 0.25) is 0 Å². The standard InChI is InChI=1S/C18H20N4O4S/c1-11-10-16(13(3)22(11)15-8-6-5-7-9-15)18(23)19-21-27(24,25)17-12(2)20-26-14(17)4/h5-10,21H,1-4H3,(H,19,23). The molecule has 0 aliphatic carbocycles. The van der Waals surface area contributed by atoms with Crippen molar-refractivity contribution < 1.29 is 17.7 Å². The second-order valence-electron chi connectivity index (χ2n) is 6.17. The van der Waals surface area contributed by atoms with Crippen LogP contribution in [0.4, 0.5) is 0 Å². The minimum absolute atomic E-state index is 0.0856. The van der Waals surface area contributed by atoms with E-state index >= 15 is 0 Å². The van der Waals surface area contributed by atoms with E-state index in [4.69, 9.17) is 4.52 Å². The Kier molecular flexibility index (Phi) is 4.90. The molecule has 0 radical (unpaired) electrons. The maximum atomic E-state index is 12.6. The Balaban J connectivity index is 1.84. The van der Waals surface area contributed by atoms with Gasteiger partial charge in [0.25, 0.3) is 15.9 Å². The number of para-hydroxylation sites is 1. The topological polar surface area (TPSA) is 106 Å². The van der Waals surface area contributed by atoms with Gasteiger partial charge < -0.3 is 9.09 Å². The van der Waals surface area contributed by atoms with Crippen LogP contribution in [0.1, 0.15) is 33.2 Å². The summed E-state index contributed by atoms with van der Waals surface area (Å²) in [5, 5.41) is 3.62. The molecule has 0 fully saturated rings. The molecule has 0 aliphatic rings. The Morgan fingerprint density at radius 1 is 1.11 bits per heavy atom. The van der Waals surface area contributed by atoms with Crippen LogP contribution >= 0.6 is 0 Å². The molecule has 1 amide bonds. The molecule has 2 N–H and O–H groups in total. The quantitative estimate of drug-likeness (QED) is 0.653. The van der Waals surface area contributed by atoms with Crippen LogP contribution in [-0.4, -0.2) is 24.0 Å². The van der Waals surface area contributed by atoms with Crippen molar-refractivity contribution in [3.05, 3.63) is 64.8 Å². The highest BCUT2D eigenvalue weighted by atomic mass is 32.2. The lowest BCUT2D eigenvalue weighted by Gasteiger charge is -2.10. The van der Waals surface area contributed by atoms with Crippen molar-refractivity contribution in [3.8, 4) is 5.69 Å². The van der Waals surface area contributed by atoms with Gasteiger partial charge in [0.2, 0.25) is 0 Å². The fraction of sp³-hybridized carbons (Fsp3) is 0.222. The van der Waals surface area contributed by atoms with Crippen molar-refractivity contribution in [2.45, 2.75) is 32.6 Å². The zero-order chi connectivity index (χ0) is 19.8. The van der Waals surface area contributed by atoms with Crippen LogP contribution in [0.5, 0.6) is 0 Å². The van der Waals surface area contributed by atoms with Crippen LogP contribution in [0.25, 0.3) is 5.69 Å². The molecule has 1 aromatic carbocycles. The van der Waals surface area contributed by atoms with E-state index in [1.165, 1.54) is 13.8 Å². The molecule has 0 saturated heterocycles. The van der Waals surface area contributed by atoms with E-state index in [1.807, 2.05) is 41.8 Å². The van der Waals surface area contributed by atoms with Gasteiger partial charge in [0.1, 0.15) is 10.6 Å². The van der Waals surface area contributed by atoms with E-state index in [1.54, 1.807) is 13.0 Å². The predicted octanol–water partition coefficient (Wildman–Crippen LogP) is 2.32. The molecular weight excluding hydrogens is 368 g/mol. The van der Waals surface area contributed by atoms with Crippen molar-refractivity contribution in [1.29, 1.82) is 0 Å². The second-order valence-corrected chi connectivity index (χ2v) is 7.79. The van der Waals surface area contributed by atoms with Gasteiger partial charge in [-0.25, -0.2) is 8.42 Å². The number of carbonyl (C=O) groups excluding carboxylic acids is 1. The number of hydrogen-bond acceptors (Lipinski definition) is 5. The summed E-state index contributed by atoms with van der Waals surface area (Å²) in [5.41, 5.74) is 5.33. The van der Waals surface area contributed by atoms with E-state index in [9.17, 15) is 13.2 Å². The normalized spacial score (nSPS) is 11.6. The average molecular weight is 388 g/mol. The van der Waals surface area contributed by atoms with Gasteiger partial charge in [-0.1, -0.05) is 23.4 Å². The van der Waals surface area contributed by atoms with Crippen LogP contribution in [0.3, 0.4) is 0 Å². The van der Waals surface area contributed by atoms with Crippen LogP contribution < -0.4 is 10.3 Å². The zero-order valence-electron chi connectivity index (χ0n) is 15.4. The summed E-state index contributed by atoms with van der Waals surface area (Å²) in [4.78, 5) is 14.6. The largest absolute Gasteiger partial charge is 0.360 e. The summed E-state index contributed by atoms with van der Waals surface area (Å²) in [7, 11) is -3.99. The van der Waals surface area contributed by atoms with E-state index in [-0.39, 0.29) is 16.3 Å². The summed E-state index contributed by atoms with van der Waals surface area (Å²) in [6.45, 7) is 6.69. The van der Waals surface area contributed by atoms with Crippen LogP contribution in [-0.2, 0) is 10.0 Å². The molecule has 0 saturated carbocycles. The predicted molar refractivity (Wildman–Crippen MR) is 99.0 cm³/mol. The van der Waals surface area contributed by atoms with E-state index in [2.05, 4.69) is 15.4 Å². The zero-order valence-corrected chi connectivity index (χ0v) is 16.2. The molecule has 0 unspecified atom stereocenters. The molecule has 0 spiro atoms. The molecule has 3 rings (SSSR count). The number of benzene rings is 1. The first-order valence-corrected chi connectivity index (χ1v) is 9.70. The minimum Gasteiger partial charge on any atom is -0.360 e. The molecule has 9 heteroatoms. The first-order chi connectivity index (χ1) is 12.7. The Morgan fingerprint density at radius 3 is 2.37 bits per heavy atom. The number of aromatic nitrogens is 2. The maximum absolute atomic E-state index is 12.6. The van der Waals surface area contributed by atoms with E-state index in [0.29, 0.717) is 11.3 Å². The van der Waals surface area contributed by atoms with Crippen molar-refractivity contribution >= 4 is 15.9 Å². The molecule has 0 aliphatic heterocycles. The third-order valence-electron chi connectivity index (χ3n) is 4.23. The Hall–Kier alpha value is -2.91. The van der Waals surface area contributed by atoms with Gasteiger partial charge in [0, 0.05) is 17.1 Å². The highest BCUT2D eigenvalue weighted by molar-refractivity contribution is 7.89. The third kappa shape index (κ3) is 3.51. The van der Waals surface area contributed by atoms with Crippen molar-refractivity contribution in [2.24, 2.45) is 0 Å². The monoisotopic (exact) mass is 388 g/mol. The molecule has 27 heavy (non-hydrogen) atoms. The number of rotatable bonds is 5. The number of sulfonamides is 1. The van der Waals surface area contributed by atoms with Gasteiger partial charge >= 0.3 is 0 Å². The first kappa shape index (κ1) is 18.9. The summed E-state index contributed by atoms with van der Waals surface area (Å²) < 4.78 is 31.6. The highest BCUT2D eigenvalue weighted by Crippen LogP contribution is 2.21. The van der Waals surface area contributed by atoms with Gasteiger partial charge in [0.05, 0.1) is 5.56 Å². The van der Waals surface area contributed by atoms with E-state index in [0.717, 1.165) is 11.4 Å². The molecule has 3 aromatic rings. The average Bonchev–Trinajstić information content (AvgIpc) is 3.12. The van der Waals surface area contributed by atoms with Crippen LogP contribution in [0.15, 0.2) is 45.8 Å². The van der Waals surface area contributed by atoms with Gasteiger partial charge in [0.15, 0.2) is 5.76 Å². The fourth-order valence-electron chi connectivity index (χ4n) is 3.06. The molecule has 8 nitrogen and oxygen atoms in total. The second kappa shape index (κ2) is 7.01. The lowest BCUT2D eigenvalue weighted by molar-refractivity contribution is 0.0944. The van der Waals surface area contributed by atoms with Gasteiger partial charge in [-0.3, -0.25) is 10.2 Å². The fourth-order valence-corrected chi connectivity index (χ4v) is 4.23. The number of amides is 1. The molecule has 0 atom stereocenters. The number of carbonyl (C=O) groups is 1. The van der Waals surface area contributed by atoms with Gasteiger partial charge in [-0.2, -0.15) is 0 Å². The number of hydrazine groups is 1. The van der Waals surface area contributed by atoms with E-state index < -0.39 is 15.9 Å². The van der Waals surface area contributed by atoms with Crippen molar-refractivity contribution in [1.82, 2.24) is 20.0 Å². The Morgan fingerprint density at radius 2 is 1.78 bits per heavy atom. The number of nitrogens with zero attached hydrogens (tertiary/aromatic N) is 2. The number of aryl methyl sites for hydroxylation is 3. The maximum Gasteiger partial charge on any atom is 0.268 e. The highest BCUT2D eigenvalue weighted by Gasteiger charge is 2.25. The Bertz CT molecular complexity index is 1080. The summed E-state index contributed by atoms with van der Waals surface area (Å²) in [6.07, 6.45) is 0. The number of hydrogen-bond donors (Lipinski definition) is 2. The van der Waals surface area contributed by atoms with Gasteiger partial charge in [-0.15, -0.1) is 4.83 Å². The molecule has 142 valence electrons. The lowest BCUT2D eigenvalue weighted by Crippen LogP contribution is -2.42. The number of nitrogens with one attached hydrogen (secondary N) is 2. The molecule has 0 bridgehead atoms. The summed E-state index contributed by atoms with van der Waals surface area (Å²) in [6, 6.07) is 11.3. The molecule has 2 aromatic heterocycles. The minimum atomic E-state index is -3.99. The Labute approximate surface area is 157 Å². The van der Waals surface area contributed by atoms with Crippen molar-refractivity contribution in [2.75, 3.05) is 0 Å². The first-order valence-electron chi connectivity index (χ1n) is 8.21. The third-order valence-corrected chi connectivity index (χ3v) is 5.72. The summed E-state index contributed by atoms with van der Waals surface area (Å²) in [5.74, 6) is -0.405. The summed E-state index contributed by atoms with van der Waals surface area (Å²) >= 11 is 0. The molecule has 2 heterocycles. The SMILES string of the molecule is Cc1noc(C)c1S(=O)(=O)NNC(=O)c1cc(C)n(-c2ccccc2)c1C. The van der Waals surface area contributed by atoms with Crippen molar-refractivity contribution in [3.63, 3.8) is 0 Å². The lowest BCUT2D eigenvalue weighted by atomic mass is 10.2. The molecular formula is C18H20N4O4S. The van der Waals surface area contributed by atoms with Crippen LogP contribution in [0, 0.1) is 27.7 Å². The smallest absolute Gasteiger partial charge is 0.268 e.